The normalized spacial score (nSPS) is 14.3. The monoisotopic (exact) mass is 332 g/mol. The zero-order chi connectivity index (χ0) is 16.7. The lowest BCUT2D eigenvalue weighted by Crippen LogP contribution is -2.15. The summed E-state index contributed by atoms with van der Waals surface area (Å²) < 4.78 is 0. The van der Waals surface area contributed by atoms with Crippen LogP contribution in [0, 0.1) is 0 Å². The van der Waals surface area contributed by atoms with Gasteiger partial charge >= 0.3 is 0 Å². The van der Waals surface area contributed by atoms with E-state index in [0.717, 1.165) is 0 Å². The second kappa shape index (κ2) is 5.58. The van der Waals surface area contributed by atoms with E-state index in [1.165, 1.54) is 17.4 Å². The number of carbonyl (C=O) groups excluding carboxylic acids is 2. The Labute approximate surface area is 142 Å². The highest BCUT2D eigenvalue weighted by atomic mass is 32.1. The molecule has 116 valence electrons. The molecule has 1 N–H and O–H groups in total. The number of rotatable bonds is 2. The number of hydrogen-bond acceptors (Lipinski definition) is 4. The van der Waals surface area contributed by atoms with Crippen molar-refractivity contribution < 1.29 is 14.7 Å². The fourth-order valence-corrected chi connectivity index (χ4v) is 3.61. The Morgan fingerprint density at radius 2 is 1.67 bits per heavy atom. The highest BCUT2D eigenvalue weighted by Crippen LogP contribution is 2.39. The van der Waals surface area contributed by atoms with Crippen LogP contribution in [0.5, 0.6) is 5.75 Å². The van der Waals surface area contributed by atoms with E-state index in [4.69, 9.17) is 0 Å². The minimum atomic E-state index is -0.223. The number of aromatic hydroxyl groups is 1. The molecule has 0 spiro atoms. The highest BCUT2D eigenvalue weighted by Gasteiger charge is 2.29. The molecule has 0 atom stereocenters. The van der Waals surface area contributed by atoms with Crippen molar-refractivity contribution >= 4 is 28.5 Å². The number of fused-ring (bicyclic) bond motifs is 2. The lowest BCUT2D eigenvalue weighted by molar-refractivity contribution is 0.102. The molecule has 1 aromatic heterocycles. The zero-order valence-electron chi connectivity index (χ0n) is 12.5. The van der Waals surface area contributed by atoms with Gasteiger partial charge in [-0.1, -0.05) is 42.5 Å². The van der Waals surface area contributed by atoms with Gasteiger partial charge in [-0.15, -0.1) is 11.3 Å². The van der Waals surface area contributed by atoms with E-state index in [1.54, 1.807) is 36.4 Å². The summed E-state index contributed by atoms with van der Waals surface area (Å²) in [5.41, 5.74) is 2.71. The second-order valence-electron chi connectivity index (χ2n) is 5.47. The number of allylic oxidation sites excluding steroid dienone is 1. The quantitative estimate of drug-likeness (QED) is 0.439. The Bertz CT molecular complexity index is 997. The molecule has 24 heavy (non-hydrogen) atoms. The van der Waals surface area contributed by atoms with E-state index >= 15 is 0 Å². The van der Waals surface area contributed by atoms with Crippen molar-refractivity contribution in [2.45, 2.75) is 0 Å². The van der Waals surface area contributed by atoms with Gasteiger partial charge in [0.2, 0.25) is 0 Å². The summed E-state index contributed by atoms with van der Waals surface area (Å²) in [5, 5.41) is 12.0. The maximum Gasteiger partial charge on any atom is 0.197 e. The molecular formula is C20H12O3S. The van der Waals surface area contributed by atoms with Gasteiger partial charge < -0.3 is 5.11 Å². The van der Waals surface area contributed by atoms with Crippen molar-refractivity contribution in [2.75, 3.05) is 0 Å². The highest BCUT2D eigenvalue weighted by molar-refractivity contribution is 7.12. The third kappa shape index (κ3) is 2.20. The van der Waals surface area contributed by atoms with Crippen LogP contribution in [0.25, 0.3) is 5.57 Å². The van der Waals surface area contributed by atoms with Crippen LogP contribution in [0.15, 0.2) is 66.1 Å². The molecule has 1 aliphatic carbocycles. The number of hydrogen-bond donors (Lipinski definition) is 1. The van der Waals surface area contributed by atoms with Crippen molar-refractivity contribution in [1.29, 1.82) is 0 Å². The van der Waals surface area contributed by atoms with Crippen LogP contribution < -0.4 is 0 Å². The van der Waals surface area contributed by atoms with E-state index in [-0.39, 0.29) is 22.9 Å². The number of ketones is 2. The Balaban J connectivity index is 1.98. The van der Waals surface area contributed by atoms with Gasteiger partial charge in [0.05, 0.1) is 10.4 Å². The Hall–Kier alpha value is -2.98. The second-order valence-corrected chi connectivity index (χ2v) is 6.42. The van der Waals surface area contributed by atoms with E-state index in [9.17, 15) is 14.7 Å². The predicted octanol–water partition coefficient (Wildman–Crippen LogP) is 4.31. The van der Waals surface area contributed by atoms with Crippen LogP contribution in [0.2, 0.25) is 0 Å². The zero-order valence-corrected chi connectivity index (χ0v) is 13.3. The van der Waals surface area contributed by atoms with E-state index in [1.807, 2.05) is 23.6 Å². The molecule has 3 nitrogen and oxygen atoms in total. The molecule has 0 bridgehead atoms. The van der Waals surface area contributed by atoms with Gasteiger partial charge in [-0.05, 0) is 40.3 Å². The maximum absolute atomic E-state index is 12.7. The lowest BCUT2D eigenvalue weighted by atomic mass is 9.80. The summed E-state index contributed by atoms with van der Waals surface area (Å²) in [6, 6.07) is 15.7. The summed E-state index contributed by atoms with van der Waals surface area (Å²) in [7, 11) is 0. The van der Waals surface area contributed by atoms with Gasteiger partial charge in [-0.25, -0.2) is 0 Å². The molecule has 4 heteroatoms. The van der Waals surface area contributed by atoms with Gasteiger partial charge in [0.1, 0.15) is 5.75 Å². The number of phenols is 1. The molecule has 0 fully saturated rings. The third-order valence-corrected chi connectivity index (χ3v) is 4.95. The number of carbonyl (C=O) groups is 2. The molecule has 0 aliphatic heterocycles. The number of benzene rings is 2. The van der Waals surface area contributed by atoms with Crippen molar-refractivity contribution in [2.24, 2.45) is 0 Å². The minimum Gasteiger partial charge on any atom is -0.507 e. The summed E-state index contributed by atoms with van der Waals surface area (Å²) >= 11 is 1.38. The largest absolute Gasteiger partial charge is 0.507 e. The summed E-state index contributed by atoms with van der Waals surface area (Å²) in [6.07, 6.45) is 1.55. The first kappa shape index (κ1) is 14.6. The Morgan fingerprint density at radius 3 is 2.42 bits per heavy atom. The number of thiophene rings is 1. The van der Waals surface area contributed by atoms with Gasteiger partial charge in [-0.2, -0.15) is 0 Å². The van der Waals surface area contributed by atoms with Crippen LogP contribution in [0.4, 0.5) is 0 Å². The topological polar surface area (TPSA) is 54.4 Å². The lowest BCUT2D eigenvalue weighted by Gasteiger charge is -2.22. The minimum absolute atomic E-state index is 0.0681. The molecular weight excluding hydrogens is 320 g/mol. The first-order chi connectivity index (χ1) is 11.7. The molecule has 0 saturated carbocycles. The molecule has 1 aliphatic rings. The maximum atomic E-state index is 12.7. The fourth-order valence-electron chi connectivity index (χ4n) is 2.98. The molecule has 0 amide bonds. The molecule has 2 aromatic carbocycles. The van der Waals surface area contributed by atoms with Gasteiger partial charge in [0.25, 0.3) is 0 Å². The van der Waals surface area contributed by atoms with E-state index in [2.05, 4.69) is 0 Å². The summed E-state index contributed by atoms with van der Waals surface area (Å²) in [4.78, 5) is 25.9. The van der Waals surface area contributed by atoms with Crippen LogP contribution in [0.1, 0.15) is 36.7 Å². The van der Waals surface area contributed by atoms with Crippen molar-refractivity contribution in [3.05, 3.63) is 93.2 Å². The van der Waals surface area contributed by atoms with E-state index < -0.39 is 0 Å². The van der Waals surface area contributed by atoms with Crippen LogP contribution >= 0.6 is 11.3 Å². The standard InChI is InChI=1S/C20H12O3S/c21-16-8-3-7-13-15(11-17(22)18-9-4-10-24-18)12-5-1-2-6-14(12)20(23)19(13)16/h1-11,21H. The van der Waals surface area contributed by atoms with E-state index in [0.29, 0.717) is 27.1 Å². The van der Waals surface area contributed by atoms with Crippen LogP contribution in [-0.2, 0) is 0 Å². The van der Waals surface area contributed by atoms with Crippen molar-refractivity contribution in [3.8, 4) is 5.75 Å². The molecule has 1 heterocycles. The summed E-state index contributed by atoms with van der Waals surface area (Å²) in [5.74, 6) is -0.403. The molecule has 4 rings (SSSR count). The predicted molar refractivity (Wildman–Crippen MR) is 93.7 cm³/mol. The molecule has 3 aromatic rings. The van der Waals surface area contributed by atoms with Crippen molar-refractivity contribution in [3.63, 3.8) is 0 Å². The average molecular weight is 332 g/mol. The first-order valence-corrected chi connectivity index (χ1v) is 8.31. The summed E-state index contributed by atoms with van der Waals surface area (Å²) in [6.45, 7) is 0. The molecule has 0 saturated heterocycles. The van der Waals surface area contributed by atoms with Crippen LogP contribution in [-0.4, -0.2) is 16.7 Å². The molecule has 0 radical (unpaired) electrons. The smallest absolute Gasteiger partial charge is 0.197 e. The van der Waals surface area contributed by atoms with Crippen LogP contribution in [0.3, 0.4) is 0 Å². The fraction of sp³-hybridized carbons (Fsp3) is 0. The first-order valence-electron chi connectivity index (χ1n) is 7.43. The molecule has 0 unspecified atom stereocenters. The average Bonchev–Trinajstić information content (AvgIpc) is 3.13. The third-order valence-electron chi connectivity index (χ3n) is 4.06. The van der Waals surface area contributed by atoms with Gasteiger partial charge in [-0.3, -0.25) is 9.59 Å². The SMILES string of the molecule is O=C(C=C1c2ccccc2C(=O)c2c(O)cccc21)c1cccs1. The Kier molecular flexibility index (Phi) is 3.40. The number of phenolic OH excluding ortho intramolecular Hbond substituents is 1. The van der Waals surface area contributed by atoms with Crippen molar-refractivity contribution in [1.82, 2.24) is 0 Å². The van der Waals surface area contributed by atoms with Gasteiger partial charge in [0.15, 0.2) is 11.6 Å². The Morgan fingerprint density at radius 1 is 0.917 bits per heavy atom. The van der Waals surface area contributed by atoms with Gasteiger partial charge in [0, 0.05) is 5.56 Å².